The van der Waals surface area contributed by atoms with Gasteiger partial charge in [0.05, 0.1) is 12.2 Å². The van der Waals surface area contributed by atoms with Crippen LogP contribution < -0.4 is 5.32 Å². The highest BCUT2D eigenvalue weighted by Gasteiger charge is 2.08. The summed E-state index contributed by atoms with van der Waals surface area (Å²) in [7, 11) is -3.08. The van der Waals surface area contributed by atoms with E-state index in [1.54, 1.807) is 35.6 Å². The molecule has 0 fully saturated rings. The van der Waals surface area contributed by atoms with Gasteiger partial charge in [-0.1, -0.05) is 12.1 Å². The van der Waals surface area contributed by atoms with Gasteiger partial charge in [0.1, 0.15) is 0 Å². The molecule has 1 aromatic heterocycles. The number of carbonyl (C=O) groups is 1. The Hall–Kier alpha value is -1.66. The molecule has 0 saturated carbocycles. The molecular formula is C15H17NO3S2. The summed E-state index contributed by atoms with van der Waals surface area (Å²) in [4.78, 5) is 14.2. The maximum Gasteiger partial charge on any atom is 0.229 e. The molecule has 0 aliphatic heterocycles. The second-order valence-corrected chi connectivity index (χ2v) is 8.52. The zero-order valence-electron chi connectivity index (χ0n) is 11.9. The summed E-state index contributed by atoms with van der Waals surface area (Å²) in [5.74, 6) is -0.130. The lowest BCUT2D eigenvalue weighted by Crippen LogP contribution is -2.14. The third kappa shape index (κ3) is 5.32. The zero-order chi connectivity index (χ0) is 15.5. The Labute approximate surface area is 128 Å². The largest absolute Gasteiger partial charge is 0.326 e. The predicted octanol–water partition coefficient (Wildman–Crippen LogP) is 2.78. The molecule has 0 spiro atoms. The van der Waals surface area contributed by atoms with Crippen LogP contribution in [0, 0.1) is 6.92 Å². The molecule has 1 heterocycles. The summed E-state index contributed by atoms with van der Waals surface area (Å²) < 4.78 is 22.6. The second kappa shape index (κ2) is 6.41. The van der Waals surface area contributed by atoms with E-state index >= 15 is 0 Å². The number of hydrogen-bond acceptors (Lipinski definition) is 4. The SMILES string of the molecule is Cc1ccc(CC(=O)Nc2cccc(CS(C)(=O)=O)c2)s1. The van der Waals surface area contributed by atoms with Crippen molar-refractivity contribution < 1.29 is 13.2 Å². The fourth-order valence-corrected chi connectivity index (χ4v) is 3.66. The van der Waals surface area contributed by atoms with Crippen molar-refractivity contribution in [3.63, 3.8) is 0 Å². The molecule has 2 aromatic rings. The van der Waals surface area contributed by atoms with Crippen LogP contribution in [0.2, 0.25) is 0 Å². The first-order valence-electron chi connectivity index (χ1n) is 6.44. The number of anilines is 1. The first-order valence-corrected chi connectivity index (χ1v) is 9.31. The van der Waals surface area contributed by atoms with Crippen molar-refractivity contribution >= 4 is 32.8 Å². The highest BCUT2D eigenvalue weighted by molar-refractivity contribution is 7.89. The fraction of sp³-hybridized carbons (Fsp3) is 0.267. The van der Waals surface area contributed by atoms with Crippen molar-refractivity contribution in [2.75, 3.05) is 11.6 Å². The van der Waals surface area contributed by atoms with Gasteiger partial charge in [-0.15, -0.1) is 11.3 Å². The van der Waals surface area contributed by atoms with E-state index < -0.39 is 9.84 Å². The molecule has 0 aliphatic rings. The van der Waals surface area contributed by atoms with E-state index in [2.05, 4.69) is 5.32 Å². The lowest BCUT2D eigenvalue weighted by atomic mass is 10.2. The average Bonchev–Trinajstić information content (AvgIpc) is 2.72. The van der Waals surface area contributed by atoms with Gasteiger partial charge in [0.15, 0.2) is 9.84 Å². The predicted molar refractivity (Wildman–Crippen MR) is 86.4 cm³/mol. The van der Waals surface area contributed by atoms with Crippen LogP contribution in [0.4, 0.5) is 5.69 Å². The third-order valence-corrected chi connectivity index (χ3v) is 4.63. The van der Waals surface area contributed by atoms with E-state index in [9.17, 15) is 13.2 Å². The summed E-state index contributed by atoms with van der Waals surface area (Å²) in [5.41, 5.74) is 1.29. The van der Waals surface area contributed by atoms with Crippen molar-refractivity contribution in [2.24, 2.45) is 0 Å². The number of aryl methyl sites for hydroxylation is 1. The lowest BCUT2D eigenvalue weighted by molar-refractivity contribution is -0.115. The van der Waals surface area contributed by atoms with Gasteiger partial charge in [-0.3, -0.25) is 4.79 Å². The van der Waals surface area contributed by atoms with Crippen LogP contribution in [-0.4, -0.2) is 20.6 Å². The van der Waals surface area contributed by atoms with E-state index in [1.807, 2.05) is 19.1 Å². The van der Waals surface area contributed by atoms with Crippen molar-refractivity contribution in [1.29, 1.82) is 0 Å². The number of sulfone groups is 1. The van der Waals surface area contributed by atoms with Crippen LogP contribution in [-0.2, 0) is 26.8 Å². The van der Waals surface area contributed by atoms with Crippen LogP contribution in [0.15, 0.2) is 36.4 Å². The van der Waals surface area contributed by atoms with E-state index in [4.69, 9.17) is 0 Å². The molecule has 21 heavy (non-hydrogen) atoms. The first kappa shape index (κ1) is 15.7. The van der Waals surface area contributed by atoms with E-state index in [0.29, 0.717) is 17.7 Å². The molecule has 1 N–H and O–H groups in total. The van der Waals surface area contributed by atoms with Crippen LogP contribution in [0.25, 0.3) is 0 Å². The third-order valence-electron chi connectivity index (χ3n) is 2.77. The van der Waals surface area contributed by atoms with E-state index in [1.165, 1.54) is 11.1 Å². The van der Waals surface area contributed by atoms with Crippen molar-refractivity contribution in [3.8, 4) is 0 Å². The molecule has 112 valence electrons. The number of benzene rings is 1. The van der Waals surface area contributed by atoms with Crippen molar-refractivity contribution in [2.45, 2.75) is 19.1 Å². The minimum atomic E-state index is -3.08. The average molecular weight is 323 g/mol. The summed E-state index contributed by atoms with van der Waals surface area (Å²) >= 11 is 1.60. The molecule has 0 saturated heterocycles. The quantitative estimate of drug-likeness (QED) is 0.920. The Kier molecular flexibility index (Phi) is 4.80. The number of thiophene rings is 1. The number of hydrogen-bond donors (Lipinski definition) is 1. The van der Waals surface area contributed by atoms with Gasteiger partial charge in [-0.25, -0.2) is 8.42 Å². The fourth-order valence-electron chi connectivity index (χ4n) is 1.99. The van der Waals surface area contributed by atoms with Crippen LogP contribution in [0.5, 0.6) is 0 Å². The monoisotopic (exact) mass is 323 g/mol. The molecule has 2 rings (SSSR count). The summed E-state index contributed by atoms with van der Waals surface area (Å²) in [6.07, 6.45) is 1.52. The van der Waals surface area contributed by atoms with Crippen molar-refractivity contribution in [1.82, 2.24) is 0 Å². The highest BCUT2D eigenvalue weighted by atomic mass is 32.2. The van der Waals surface area contributed by atoms with Gasteiger partial charge in [-0.2, -0.15) is 0 Å². The maximum atomic E-state index is 12.0. The molecule has 4 nitrogen and oxygen atoms in total. The summed E-state index contributed by atoms with van der Waals surface area (Å²) in [5, 5.41) is 2.80. The Morgan fingerprint density at radius 2 is 2.00 bits per heavy atom. The number of amides is 1. The molecule has 1 amide bonds. The standard InChI is InChI=1S/C15H17NO3S2/c1-11-6-7-14(20-11)9-15(17)16-13-5-3-4-12(8-13)10-21(2,18)19/h3-8H,9-10H2,1-2H3,(H,16,17). The Bertz CT molecular complexity index is 748. The van der Waals surface area contributed by atoms with E-state index in [0.717, 1.165) is 4.88 Å². The molecule has 0 radical (unpaired) electrons. The number of rotatable bonds is 5. The first-order chi connectivity index (χ1) is 9.82. The molecule has 1 aromatic carbocycles. The van der Waals surface area contributed by atoms with Gasteiger partial charge < -0.3 is 5.32 Å². The zero-order valence-corrected chi connectivity index (χ0v) is 13.6. The van der Waals surface area contributed by atoms with Gasteiger partial charge in [-0.05, 0) is 36.8 Å². The molecule has 0 bridgehead atoms. The minimum Gasteiger partial charge on any atom is -0.326 e. The second-order valence-electron chi connectivity index (χ2n) is 5.01. The molecule has 6 heteroatoms. The summed E-state index contributed by atoms with van der Waals surface area (Å²) in [6.45, 7) is 2.00. The lowest BCUT2D eigenvalue weighted by Gasteiger charge is -2.06. The number of nitrogens with one attached hydrogen (secondary N) is 1. The van der Waals surface area contributed by atoms with Crippen LogP contribution in [0.3, 0.4) is 0 Å². The van der Waals surface area contributed by atoms with Gasteiger partial charge in [0.25, 0.3) is 0 Å². The Morgan fingerprint density at radius 1 is 1.24 bits per heavy atom. The Morgan fingerprint density at radius 3 is 2.62 bits per heavy atom. The van der Waals surface area contributed by atoms with Crippen molar-refractivity contribution in [3.05, 3.63) is 51.7 Å². The van der Waals surface area contributed by atoms with Gasteiger partial charge in [0, 0.05) is 21.7 Å². The summed E-state index contributed by atoms with van der Waals surface area (Å²) in [6, 6.07) is 10.9. The van der Waals surface area contributed by atoms with Gasteiger partial charge >= 0.3 is 0 Å². The topological polar surface area (TPSA) is 63.2 Å². The number of carbonyl (C=O) groups excluding carboxylic acids is 1. The van der Waals surface area contributed by atoms with Crippen LogP contribution in [0.1, 0.15) is 15.3 Å². The van der Waals surface area contributed by atoms with Gasteiger partial charge in [0.2, 0.25) is 5.91 Å². The molecule has 0 unspecified atom stereocenters. The Balaban J connectivity index is 2.02. The molecule has 0 aliphatic carbocycles. The van der Waals surface area contributed by atoms with Crippen LogP contribution >= 0.6 is 11.3 Å². The molecular weight excluding hydrogens is 306 g/mol. The highest BCUT2D eigenvalue weighted by Crippen LogP contribution is 2.17. The normalized spacial score (nSPS) is 11.3. The smallest absolute Gasteiger partial charge is 0.229 e. The minimum absolute atomic E-state index is 0.0270. The maximum absolute atomic E-state index is 12.0. The van der Waals surface area contributed by atoms with E-state index in [-0.39, 0.29) is 11.7 Å². The molecule has 0 atom stereocenters.